The van der Waals surface area contributed by atoms with E-state index in [1.807, 2.05) is 6.07 Å². The van der Waals surface area contributed by atoms with Crippen LogP contribution < -0.4 is 0 Å². The Labute approximate surface area is 77.2 Å². The lowest BCUT2D eigenvalue weighted by atomic mass is 9.74. The number of fused-ring (bicyclic) bond motifs is 1. The van der Waals surface area contributed by atoms with Crippen LogP contribution in [0.4, 0.5) is 0 Å². The largest absolute Gasteiger partial charge is 0.292 e. The molecular weight excluding hydrogens is 164 g/mol. The van der Waals surface area contributed by atoms with E-state index >= 15 is 0 Å². The Hall–Kier alpha value is -1.25. The highest BCUT2D eigenvalue weighted by Crippen LogP contribution is 2.34. The van der Waals surface area contributed by atoms with E-state index in [4.69, 9.17) is 0 Å². The summed E-state index contributed by atoms with van der Waals surface area (Å²) < 4.78 is 0. The first kappa shape index (κ1) is 8.35. The molecule has 1 aromatic heterocycles. The first-order valence-corrected chi connectivity index (χ1v) is 4.47. The molecule has 0 spiro atoms. The van der Waals surface area contributed by atoms with Crippen molar-refractivity contribution >= 4 is 5.78 Å². The predicted molar refractivity (Wildman–Crippen MR) is 48.6 cm³/mol. The minimum atomic E-state index is 0.0686. The summed E-state index contributed by atoms with van der Waals surface area (Å²) in [6, 6.07) is 1.90. The maximum Gasteiger partial charge on any atom is 0.183 e. The Morgan fingerprint density at radius 1 is 1.46 bits per heavy atom. The van der Waals surface area contributed by atoms with E-state index in [1.54, 1.807) is 6.20 Å². The fourth-order valence-corrected chi connectivity index (χ4v) is 1.76. The maximum absolute atomic E-state index is 11.5. The fraction of sp³-hybridized carbons (Fsp3) is 0.500. The molecule has 0 bridgehead atoms. The highest BCUT2D eigenvalue weighted by Gasteiger charge is 2.32. The van der Waals surface area contributed by atoms with Gasteiger partial charge in [0.15, 0.2) is 5.78 Å². The molecule has 0 fully saturated rings. The summed E-state index contributed by atoms with van der Waals surface area (Å²) in [6.07, 6.45) is 3.16. The van der Waals surface area contributed by atoms with Crippen LogP contribution >= 0.6 is 0 Å². The van der Waals surface area contributed by atoms with Crippen LogP contribution in [0.15, 0.2) is 12.3 Å². The summed E-state index contributed by atoms with van der Waals surface area (Å²) in [5.41, 5.74) is 1.68. The lowest BCUT2D eigenvalue weighted by molar-refractivity contribution is 0.0949. The summed E-state index contributed by atoms with van der Waals surface area (Å²) in [5, 5.41) is 7.64. The standard InChI is InChI=1S/C10H12N2O/c1-10(2)5-3-8(13)9-7(10)4-6-11-12-9/h4,6H,3,5H2,1-2H3. The molecule has 68 valence electrons. The lowest BCUT2D eigenvalue weighted by Gasteiger charge is -2.29. The normalized spacial score (nSPS) is 19.7. The molecule has 1 aliphatic carbocycles. The molecule has 0 unspecified atom stereocenters. The number of hydrogen-bond donors (Lipinski definition) is 0. The van der Waals surface area contributed by atoms with Gasteiger partial charge in [-0.25, -0.2) is 0 Å². The molecule has 0 aromatic carbocycles. The summed E-state index contributed by atoms with van der Waals surface area (Å²) in [4.78, 5) is 11.5. The molecule has 2 rings (SSSR count). The van der Waals surface area contributed by atoms with Gasteiger partial charge in [-0.15, -0.1) is 5.10 Å². The predicted octanol–water partition coefficient (Wildman–Crippen LogP) is 1.73. The van der Waals surface area contributed by atoms with Crippen molar-refractivity contribution in [3.8, 4) is 0 Å². The number of hydrogen-bond acceptors (Lipinski definition) is 3. The summed E-state index contributed by atoms with van der Waals surface area (Å²) >= 11 is 0. The molecule has 1 aromatic rings. The van der Waals surface area contributed by atoms with Crippen molar-refractivity contribution in [1.29, 1.82) is 0 Å². The maximum atomic E-state index is 11.5. The van der Waals surface area contributed by atoms with Crippen molar-refractivity contribution in [2.45, 2.75) is 32.1 Å². The van der Waals surface area contributed by atoms with E-state index in [-0.39, 0.29) is 11.2 Å². The van der Waals surface area contributed by atoms with Crippen LogP contribution in [0.1, 0.15) is 42.7 Å². The van der Waals surface area contributed by atoms with Gasteiger partial charge in [-0.1, -0.05) is 13.8 Å². The molecule has 0 N–H and O–H groups in total. The third-order valence-corrected chi connectivity index (χ3v) is 2.69. The van der Waals surface area contributed by atoms with Gasteiger partial charge in [0.1, 0.15) is 5.69 Å². The molecule has 1 aliphatic rings. The van der Waals surface area contributed by atoms with Crippen molar-refractivity contribution in [3.05, 3.63) is 23.5 Å². The number of ketones is 1. The van der Waals surface area contributed by atoms with Crippen LogP contribution in [0.2, 0.25) is 0 Å². The number of rotatable bonds is 0. The quantitative estimate of drug-likeness (QED) is 0.604. The van der Waals surface area contributed by atoms with Gasteiger partial charge in [0.05, 0.1) is 0 Å². The highest BCUT2D eigenvalue weighted by molar-refractivity contribution is 5.97. The Morgan fingerprint density at radius 3 is 2.92 bits per heavy atom. The van der Waals surface area contributed by atoms with E-state index < -0.39 is 0 Å². The van der Waals surface area contributed by atoms with Crippen LogP contribution in [0.25, 0.3) is 0 Å². The van der Waals surface area contributed by atoms with E-state index in [0.29, 0.717) is 12.1 Å². The van der Waals surface area contributed by atoms with Crippen molar-refractivity contribution in [2.24, 2.45) is 0 Å². The van der Waals surface area contributed by atoms with Crippen molar-refractivity contribution < 1.29 is 4.79 Å². The molecule has 3 nitrogen and oxygen atoms in total. The third-order valence-electron chi connectivity index (χ3n) is 2.69. The van der Waals surface area contributed by atoms with Gasteiger partial charge in [-0.2, -0.15) is 5.10 Å². The Balaban J connectivity index is 2.61. The van der Waals surface area contributed by atoms with Gasteiger partial charge in [0.25, 0.3) is 0 Å². The number of nitrogens with zero attached hydrogens (tertiary/aromatic N) is 2. The summed E-state index contributed by atoms with van der Waals surface area (Å²) in [7, 11) is 0. The molecule has 13 heavy (non-hydrogen) atoms. The van der Waals surface area contributed by atoms with Gasteiger partial charge in [-0.3, -0.25) is 4.79 Å². The summed E-state index contributed by atoms with van der Waals surface area (Å²) in [5.74, 6) is 0.127. The smallest absolute Gasteiger partial charge is 0.183 e. The van der Waals surface area contributed by atoms with Crippen LogP contribution in [-0.2, 0) is 5.41 Å². The number of Topliss-reactive ketones (excluding diaryl/α,β-unsaturated/α-hetero) is 1. The summed E-state index contributed by atoms with van der Waals surface area (Å²) in [6.45, 7) is 4.28. The minimum absolute atomic E-state index is 0.0686. The van der Waals surface area contributed by atoms with E-state index in [2.05, 4.69) is 24.0 Å². The Bertz CT molecular complexity index is 358. The zero-order chi connectivity index (χ0) is 9.47. The molecule has 0 saturated carbocycles. The number of carbonyl (C=O) groups excluding carboxylic acids is 1. The minimum Gasteiger partial charge on any atom is -0.292 e. The van der Waals surface area contributed by atoms with Crippen molar-refractivity contribution in [1.82, 2.24) is 10.2 Å². The Kier molecular flexibility index (Phi) is 1.68. The molecular formula is C10H12N2O. The molecule has 0 atom stereocenters. The van der Waals surface area contributed by atoms with Crippen molar-refractivity contribution in [2.75, 3.05) is 0 Å². The second kappa shape index (κ2) is 2.62. The first-order chi connectivity index (χ1) is 6.11. The average molecular weight is 176 g/mol. The number of aromatic nitrogens is 2. The van der Waals surface area contributed by atoms with E-state index in [0.717, 1.165) is 12.0 Å². The highest BCUT2D eigenvalue weighted by atomic mass is 16.1. The zero-order valence-electron chi connectivity index (χ0n) is 7.87. The fourth-order valence-electron chi connectivity index (χ4n) is 1.76. The van der Waals surface area contributed by atoms with Gasteiger partial charge in [-0.05, 0) is 23.5 Å². The zero-order valence-corrected chi connectivity index (χ0v) is 7.87. The lowest BCUT2D eigenvalue weighted by Crippen LogP contribution is -2.28. The van der Waals surface area contributed by atoms with Crippen LogP contribution in [-0.4, -0.2) is 16.0 Å². The van der Waals surface area contributed by atoms with Crippen LogP contribution in [0, 0.1) is 0 Å². The Morgan fingerprint density at radius 2 is 2.23 bits per heavy atom. The second-order valence-electron chi connectivity index (χ2n) is 4.10. The third kappa shape index (κ3) is 1.24. The van der Waals surface area contributed by atoms with Gasteiger partial charge >= 0.3 is 0 Å². The average Bonchev–Trinajstić information content (AvgIpc) is 2.13. The van der Waals surface area contributed by atoms with Crippen LogP contribution in [0.3, 0.4) is 0 Å². The molecule has 1 heterocycles. The van der Waals surface area contributed by atoms with Crippen molar-refractivity contribution in [3.63, 3.8) is 0 Å². The van der Waals surface area contributed by atoms with Gasteiger partial charge in [0, 0.05) is 12.6 Å². The second-order valence-corrected chi connectivity index (χ2v) is 4.10. The first-order valence-electron chi connectivity index (χ1n) is 4.47. The van der Waals surface area contributed by atoms with E-state index in [1.165, 1.54) is 0 Å². The molecule has 0 amide bonds. The molecule has 0 radical (unpaired) electrons. The molecule has 3 heteroatoms. The number of carbonyl (C=O) groups is 1. The van der Waals surface area contributed by atoms with E-state index in [9.17, 15) is 4.79 Å². The molecule has 0 saturated heterocycles. The van der Waals surface area contributed by atoms with Gasteiger partial charge in [0.2, 0.25) is 0 Å². The van der Waals surface area contributed by atoms with Crippen LogP contribution in [0.5, 0.6) is 0 Å². The monoisotopic (exact) mass is 176 g/mol. The van der Waals surface area contributed by atoms with Gasteiger partial charge < -0.3 is 0 Å². The molecule has 0 aliphatic heterocycles. The SMILES string of the molecule is CC1(C)CCC(=O)c2nnccc21. The topological polar surface area (TPSA) is 42.9 Å².